The molecule has 2 aromatic heterocycles. The molecule has 0 fully saturated rings. The lowest BCUT2D eigenvalue weighted by molar-refractivity contribution is 0.0951. The minimum atomic E-state index is -0.227. The van der Waals surface area contributed by atoms with Gasteiger partial charge in [-0.2, -0.15) is 0 Å². The zero-order chi connectivity index (χ0) is 17.2. The Morgan fingerprint density at radius 1 is 1.08 bits per heavy atom. The Labute approximate surface area is 146 Å². The maximum atomic E-state index is 12.1. The van der Waals surface area contributed by atoms with Crippen LogP contribution in [0.5, 0.6) is 0 Å². The van der Waals surface area contributed by atoms with Crippen molar-refractivity contribution in [1.29, 1.82) is 0 Å². The van der Waals surface area contributed by atoms with Gasteiger partial charge in [0.15, 0.2) is 0 Å². The van der Waals surface area contributed by atoms with E-state index in [4.69, 9.17) is 0 Å². The number of rotatable bonds is 4. The van der Waals surface area contributed by atoms with Crippen molar-refractivity contribution in [3.05, 3.63) is 75.0 Å². The molecule has 0 aliphatic rings. The summed E-state index contributed by atoms with van der Waals surface area (Å²) in [6.07, 6.45) is 0. The molecule has 124 valence electrons. The summed E-state index contributed by atoms with van der Waals surface area (Å²) in [5, 5.41) is 5.63. The number of amides is 1. The third-order valence-corrected chi connectivity index (χ3v) is 4.65. The average molecular weight is 350 g/mol. The second kappa shape index (κ2) is 6.37. The highest BCUT2D eigenvalue weighted by atomic mass is 32.1. The minimum absolute atomic E-state index is 0.122. The van der Waals surface area contributed by atoms with Crippen molar-refractivity contribution in [1.82, 2.24) is 20.3 Å². The van der Waals surface area contributed by atoms with Crippen LogP contribution in [0.4, 0.5) is 0 Å². The van der Waals surface area contributed by atoms with Crippen LogP contribution in [0.25, 0.3) is 22.3 Å². The SMILES string of the molecule is O=C(NCc1nc(-c2ccc3[nH]c(=O)[nH]c3c2)cs1)c1ccccc1. The van der Waals surface area contributed by atoms with E-state index in [-0.39, 0.29) is 11.6 Å². The van der Waals surface area contributed by atoms with Crippen LogP contribution in [-0.4, -0.2) is 20.9 Å². The molecule has 4 rings (SSSR count). The molecule has 0 spiro atoms. The van der Waals surface area contributed by atoms with Crippen LogP contribution in [-0.2, 0) is 6.54 Å². The summed E-state index contributed by atoms with van der Waals surface area (Å²) >= 11 is 1.49. The molecule has 1 amide bonds. The summed E-state index contributed by atoms with van der Waals surface area (Å²) in [6.45, 7) is 0.377. The predicted octanol–water partition coefficient (Wildman–Crippen LogP) is 2.91. The van der Waals surface area contributed by atoms with Gasteiger partial charge in [-0.1, -0.05) is 24.3 Å². The molecule has 25 heavy (non-hydrogen) atoms. The first-order valence-electron chi connectivity index (χ1n) is 7.69. The summed E-state index contributed by atoms with van der Waals surface area (Å²) in [6, 6.07) is 14.7. The van der Waals surface area contributed by atoms with E-state index in [1.807, 2.05) is 41.8 Å². The maximum Gasteiger partial charge on any atom is 0.323 e. The number of hydrogen-bond donors (Lipinski definition) is 3. The lowest BCUT2D eigenvalue weighted by Gasteiger charge is -2.02. The number of H-pyrrole nitrogens is 2. The molecule has 6 nitrogen and oxygen atoms in total. The van der Waals surface area contributed by atoms with Gasteiger partial charge in [-0.05, 0) is 24.3 Å². The quantitative estimate of drug-likeness (QED) is 0.528. The average Bonchev–Trinajstić information content (AvgIpc) is 3.25. The van der Waals surface area contributed by atoms with Crippen LogP contribution in [0.2, 0.25) is 0 Å². The monoisotopic (exact) mass is 350 g/mol. The number of thiazole rings is 1. The summed E-state index contributed by atoms with van der Waals surface area (Å²) in [4.78, 5) is 33.4. The summed E-state index contributed by atoms with van der Waals surface area (Å²) < 4.78 is 0. The predicted molar refractivity (Wildman–Crippen MR) is 97.6 cm³/mol. The maximum absolute atomic E-state index is 12.1. The van der Waals surface area contributed by atoms with Crippen molar-refractivity contribution in [2.75, 3.05) is 0 Å². The van der Waals surface area contributed by atoms with Gasteiger partial charge in [-0.15, -0.1) is 11.3 Å². The van der Waals surface area contributed by atoms with E-state index in [9.17, 15) is 9.59 Å². The van der Waals surface area contributed by atoms with Crippen LogP contribution < -0.4 is 11.0 Å². The van der Waals surface area contributed by atoms with E-state index >= 15 is 0 Å². The molecule has 0 radical (unpaired) electrons. The smallest absolute Gasteiger partial charge is 0.323 e. The van der Waals surface area contributed by atoms with E-state index in [1.54, 1.807) is 12.1 Å². The zero-order valence-corrected chi connectivity index (χ0v) is 13.9. The molecule has 0 saturated carbocycles. The Morgan fingerprint density at radius 3 is 2.72 bits per heavy atom. The van der Waals surface area contributed by atoms with Gasteiger partial charge >= 0.3 is 5.69 Å². The zero-order valence-electron chi connectivity index (χ0n) is 13.1. The molecule has 3 N–H and O–H groups in total. The van der Waals surface area contributed by atoms with Gasteiger partial charge in [0.05, 0.1) is 23.3 Å². The number of carbonyl (C=O) groups excluding carboxylic acids is 1. The molecular formula is C18H14N4O2S. The Bertz CT molecular complexity index is 1090. The number of imidazole rings is 1. The first kappa shape index (κ1) is 15.3. The molecule has 7 heteroatoms. The second-order valence-electron chi connectivity index (χ2n) is 5.51. The standard InChI is InChI=1S/C18H14N4O2S/c23-17(11-4-2-1-3-5-11)19-9-16-20-15(10-25-16)12-6-7-13-14(8-12)22-18(24)21-13/h1-8,10H,9H2,(H,19,23)(H2,21,22,24). The van der Waals surface area contributed by atoms with Gasteiger partial charge in [-0.25, -0.2) is 9.78 Å². The molecule has 0 aliphatic carbocycles. The second-order valence-corrected chi connectivity index (χ2v) is 6.46. The van der Waals surface area contributed by atoms with E-state index < -0.39 is 0 Å². The van der Waals surface area contributed by atoms with Gasteiger partial charge in [0.1, 0.15) is 5.01 Å². The fourth-order valence-corrected chi connectivity index (χ4v) is 3.31. The van der Waals surface area contributed by atoms with Gasteiger partial charge in [0.2, 0.25) is 0 Å². The van der Waals surface area contributed by atoms with Gasteiger partial charge in [0, 0.05) is 16.5 Å². The first-order valence-corrected chi connectivity index (χ1v) is 8.57. The largest absolute Gasteiger partial charge is 0.346 e. The van der Waals surface area contributed by atoms with Crippen LogP contribution in [0.15, 0.2) is 58.7 Å². The topological polar surface area (TPSA) is 90.6 Å². The van der Waals surface area contributed by atoms with Crippen LogP contribution in [0.1, 0.15) is 15.4 Å². The number of carbonyl (C=O) groups is 1. The lowest BCUT2D eigenvalue weighted by atomic mass is 10.1. The van der Waals surface area contributed by atoms with Crippen LogP contribution in [0.3, 0.4) is 0 Å². The third-order valence-electron chi connectivity index (χ3n) is 3.80. The lowest BCUT2D eigenvalue weighted by Crippen LogP contribution is -2.22. The molecule has 0 atom stereocenters. The van der Waals surface area contributed by atoms with E-state index in [0.29, 0.717) is 12.1 Å². The molecule has 0 bridgehead atoms. The molecule has 0 unspecified atom stereocenters. The van der Waals surface area contributed by atoms with Gasteiger partial charge < -0.3 is 15.3 Å². The number of fused-ring (bicyclic) bond motifs is 1. The molecule has 4 aromatic rings. The van der Waals surface area contributed by atoms with E-state index in [0.717, 1.165) is 27.3 Å². The van der Waals surface area contributed by atoms with Crippen molar-refractivity contribution >= 4 is 28.3 Å². The number of hydrogen-bond acceptors (Lipinski definition) is 4. The Hall–Kier alpha value is -3.19. The Kier molecular flexibility index (Phi) is 3.91. The molecule has 0 aliphatic heterocycles. The van der Waals surface area contributed by atoms with Gasteiger partial charge in [-0.3, -0.25) is 4.79 Å². The number of benzene rings is 2. The fourth-order valence-electron chi connectivity index (χ4n) is 2.56. The normalized spacial score (nSPS) is 10.9. The highest BCUT2D eigenvalue weighted by Gasteiger charge is 2.09. The Balaban J connectivity index is 1.49. The third kappa shape index (κ3) is 3.22. The van der Waals surface area contributed by atoms with E-state index in [2.05, 4.69) is 20.3 Å². The minimum Gasteiger partial charge on any atom is -0.346 e. The number of nitrogens with zero attached hydrogens (tertiary/aromatic N) is 1. The molecule has 2 heterocycles. The van der Waals surface area contributed by atoms with Crippen molar-refractivity contribution in [3.63, 3.8) is 0 Å². The molecular weight excluding hydrogens is 336 g/mol. The molecule has 0 saturated heterocycles. The Morgan fingerprint density at radius 2 is 1.88 bits per heavy atom. The fraction of sp³-hybridized carbons (Fsp3) is 0.0556. The van der Waals surface area contributed by atoms with Crippen molar-refractivity contribution in [2.24, 2.45) is 0 Å². The van der Waals surface area contributed by atoms with Crippen molar-refractivity contribution < 1.29 is 4.79 Å². The highest BCUT2D eigenvalue weighted by Crippen LogP contribution is 2.24. The molecule has 2 aromatic carbocycles. The highest BCUT2D eigenvalue weighted by molar-refractivity contribution is 7.09. The number of nitrogens with one attached hydrogen (secondary N) is 3. The summed E-state index contributed by atoms with van der Waals surface area (Å²) in [5.41, 5.74) is 3.64. The van der Waals surface area contributed by atoms with E-state index in [1.165, 1.54) is 11.3 Å². The van der Waals surface area contributed by atoms with Crippen LogP contribution in [0, 0.1) is 0 Å². The van der Waals surface area contributed by atoms with Crippen molar-refractivity contribution in [3.8, 4) is 11.3 Å². The first-order chi connectivity index (χ1) is 12.2. The van der Waals surface area contributed by atoms with Crippen molar-refractivity contribution in [2.45, 2.75) is 6.54 Å². The number of aromatic amines is 2. The number of aromatic nitrogens is 3. The van der Waals surface area contributed by atoms with Gasteiger partial charge in [0.25, 0.3) is 5.91 Å². The summed E-state index contributed by atoms with van der Waals surface area (Å²) in [7, 11) is 0. The summed E-state index contributed by atoms with van der Waals surface area (Å²) in [5.74, 6) is -0.122. The van der Waals surface area contributed by atoms with Crippen LogP contribution >= 0.6 is 11.3 Å².